The average molecular weight is 410 g/mol. The van der Waals surface area contributed by atoms with Gasteiger partial charge in [-0.05, 0) is 31.2 Å². The van der Waals surface area contributed by atoms with Gasteiger partial charge in [0.05, 0.1) is 10.7 Å². The van der Waals surface area contributed by atoms with Crippen LogP contribution in [-0.4, -0.2) is 23.6 Å². The number of oxime groups is 1. The minimum Gasteiger partial charge on any atom is -0.382 e. The largest absolute Gasteiger partial charge is 0.382 e. The van der Waals surface area contributed by atoms with Crippen LogP contribution in [0.25, 0.3) is 0 Å². The first-order chi connectivity index (χ1) is 12.8. The number of carbonyl (C=O) groups excluding carboxylic acids is 2. The second-order valence-corrected chi connectivity index (χ2v) is 6.79. The maximum absolute atomic E-state index is 13.9. The number of nitrogens with zero attached hydrogens (tertiary/aromatic N) is 1. The molecule has 9 heteroatoms. The minimum atomic E-state index is -0.925. The molecule has 0 aromatic heterocycles. The second-order valence-electron chi connectivity index (χ2n) is 5.94. The van der Waals surface area contributed by atoms with Gasteiger partial charge in [0, 0.05) is 33.8 Å². The molecule has 27 heavy (non-hydrogen) atoms. The van der Waals surface area contributed by atoms with Crippen LogP contribution in [0, 0.1) is 12.7 Å². The average Bonchev–Trinajstić information content (AvgIpc) is 3.08. The van der Waals surface area contributed by atoms with Gasteiger partial charge >= 0.3 is 0 Å². The molecule has 0 saturated heterocycles. The first-order valence-electron chi connectivity index (χ1n) is 7.85. The lowest BCUT2D eigenvalue weighted by Gasteiger charge is -2.13. The molecule has 0 bridgehead atoms. The van der Waals surface area contributed by atoms with Crippen LogP contribution < -0.4 is 11.1 Å². The van der Waals surface area contributed by atoms with Gasteiger partial charge in [-0.15, -0.1) is 0 Å². The van der Waals surface area contributed by atoms with Gasteiger partial charge < -0.3 is 15.9 Å². The van der Waals surface area contributed by atoms with Gasteiger partial charge in [0.2, 0.25) is 12.0 Å². The van der Waals surface area contributed by atoms with E-state index in [0.29, 0.717) is 21.3 Å². The third-order valence-corrected chi connectivity index (χ3v) is 4.64. The third kappa shape index (κ3) is 4.04. The Kier molecular flexibility index (Phi) is 5.34. The van der Waals surface area contributed by atoms with E-state index < -0.39 is 23.7 Å². The van der Waals surface area contributed by atoms with E-state index in [1.165, 1.54) is 13.0 Å². The molecule has 0 spiro atoms. The Labute approximate surface area is 164 Å². The third-order valence-electron chi connectivity index (χ3n) is 4.09. The van der Waals surface area contributed by atoms with Crippen LogP contribution in [0.4, 0.5) is 10.1 Å². The van der Waals surface area contributed by atoms with E-state index in [0.717, 1.165) is 6.07 Å². The maximum atomic E-state index is 13.9. The monoisotopic (exact) mass is 409 g/mol. The van der Waals surface area contributed by atoms with Crippen molar-refractivity contribution >= 4 is 46.4 Å². The number of primary amides is 1. The first-order valence-corrected chi connectivity index (χ1v) is 8.60. The molecular weight excluding hydrogens is 396 g/mol. The van der Waals surface area contributed by atoms with E-state index >= 15 is 0 Å². The zero-order chi connectivity index (χ0) is 19.7. The first kappa shape index (κ1) is 19.1. The summed E-state index contributed by atoms with van der Waals surface area (Å²) >= 11 is 12.0. The van der Waals surface area contributed by atoms with Crippen LogP contribution in [0.15, 0.2) is 35.5 Å². The number of hydrogen-bond acceptors (Lipinski definition) is 4. The summed E-state index contributed by atoms with van der Waals surface area (Å²) in [5.74, 6) is -1.99. The van der Waals surface area contributed by atoms with Crippen LogP contribution in [0.2, 0.25) is 10.0 Å². The molecule has 1 aliphatic heterocycles. The van der Waals surface area contributed by atoms with Gasteiger partial charge in [0.15, 0.2) is 0 Å². The Hall–Kier alpha value is -2.64. The molecule has 1 aliphatic rings. The summed E-state index contributed by atoms with van der Waals surface area (Å²) in [4.78, 5) is 29.0. The summed E-state index contributed by atoms with van der Waals surface area (Å²) in [7, 11) is 0. The lowest BCUT2D eigenvalue weighted by atomic mass is 10.0. The van der Waals surface area contributed by atoms with Crippen LogP contribution in [0.1, 0.15) is 27.9 Å². The van der Waals surface area contributed by atoms with Crippen molar-refractivity contribution in [2.75, 3.05) is 5.32 Å². The Morgan fingerprint density at radius 2 is 2.04 bits per heavy atom. The number of rotatable bonds is 4. The Morgan fingerprint density at radius 3 is 2.70 bits per heavy atom. The normalized spacial score (nSPS) is 15.9. The van der Waals surface area contributed by atoms with Crippen molar-refractivity contribution in [2.45, 2.75) is 19.4 Å². The van der Waals surface area contributed by atoms with Crippen molar-refractivity contribution in [3.8, 4) is 0 Å². The van der Waals surface area contributed by atoms with E-state index in [9.17, 15) is 14.0 Å². The summed E-state index contributed by atoms with van der Waals surface area (Å²) in [6.45, 7) is 1.47. The number of nitrogens with two attached hydrogens (primary N) is 1. The summed E-state index contributed by atoms with van der Waals surface area (Å²) in [5.41, 5.74) is 6.53. The molecule has 3 N–H and O–H groups in total. The van der Waals surface area contributed by atoms with E-state index in [1.54, 1.807) is 18.2 Å². The fraction of sp³-hybridized carbons (Fsp3) is 0.167. The molecule has 3 rings (SSSR count). The van der Waals surface area contributed by atoms with Gasteiger partial charge in [-0.2, -0.15) is 0 Å². The molecule has 0 fully saturated rings. The fourth-order valence-corrected chi connectivity index (χ4v) is 3.08. The second kappa shape index (κ2) is 7.54. The molecule has 1 heterocycles. The van der Waals surface area contributed by atoms with E-state index in [4.69, 9.17) is 33.8 Å². The van der Waals surface area contributed by atoms with Crippen molar-refractivity contribution in [1.29, 1.82) is 0 Å². The van der Waals surface area contributed by atoms with Crippen LogP contribution in [0.5, 0.6) is 0 Å². The van der Waals surface area contributed by atoms with Crippen molar-refractivity contribution < 1.29 is 18.8 Å². The number of amides is 2. The van der Waals surface area contributed by atoms with Gasteiger partial charge in [-0.1, -0.05) is 34.4 Å². The number of hydrogen-bond donors (Lipinski definition) is 2. The molecular formula is C18H14Cl2FN3O3. The smallest absolute Gasteiger partial charge is 0.268 e. The molecule has 2 aromatic rings. The zero-order valence-electron chi connectivity index (χ0n) is 14.1. The lowest BCUT2D eigenvalue weighted by Crippen LogP contribution is -2.28. The van der Waals surface area contributed by atoms with Crippen molar-refractivity contribution in [3.05, 3.63) is 62.9 Å². The highest BCUT2D eigenvalue weighted by atomic mass is 35.5. The highest BCUT2D eigenvalue weighted by Crippen LogP contribution is 2.27. The molecule has 2 amide bonds. The predicted molar refractivity (Wildman–Crippen MR) is 101 cm³/mol. The summed E-state index contributed by atoms with van der Waals surface area (Å²) in [6, 6.07) is 7.23. The number of carbonyl (C=O) groups is 2. The van der Waals surface area contributed by atoms with Crippen molar-refractivity contribution in [1.82, 2.24) is 0 Å². The minimum absolute atomic E-state index is 0.0503. The van der Waals surface area contributed by atoms with Crippen LogP contribution in [-0.2, 0) is 9.63 Å². The maximum Gasteiger partial charge on any atom is 0.268 e. The Balaban J connectivity index is 1.75. The molecule has 2 aromatic carbocycles. The van der Waals surface area contributed by atoms with E-state index in [2.05, 4.69) is 10.5 Å². The molecule has 6 nitrogen and oxygen atoms in total. The fourth-order valence-electron chi connectivity index (χ4n) is 2.56. The Bertz CT molecular complexity index is 979. The van der Waals surface area contributed by atoms with Gasteiger partial charge in [-0.25, -0.2) is 4.39 Å². The number of anilines is 1. The van der Waals surface area contributed by atoms with Crippen LogP contribution >= 0.6 is 23.2 Å². The number of halogens is 3. The summed E-state index contributed by atoms with van der Waals surface area (Å²) in [5, 5.41) is 7.31. The standard InChI is InChI=1S/C18H14Cl2FN3O3/c1-8-13(21)4-9(17(22)25)5-14(8)23-18(26)16-7-15(24-27-16)11-3-2-10(19)6-12(11)20/h2-6,16H,7H2,1H3,(H2,22,25)(H,23,26)/t16-/m1/s1. The predicted octanol–water partition coefficient (Wildman–Crippen LogP) is 3.67. The van der Waals surface area contributed by atoms with Crippen LogP contribution in [0.3, 0.4) is 0 Å². The number of benzene rings is 2. The Morgan fingerprint density at radius 1 is 1.30 bits per heavy atom. The van der Waals surface area contributed by atoms with E-state index in [-0.39, 0.29) is 23.2 Å². The van der Waals surface area contributed by atoms with Gasteiger partial charge in [-0.3, -0.25) is 9.59 Å². The van der Waals surface area contributed by atoms with Gasteiger partial charge in [0.25, 0.3) is 5.91 Å². The molecule has 0 saturated carbocycles. The van der Waals surface area contributed by atoms with Crippen molar-refractivity contribution in [3.63, 3.8) is 0 Å². The highest BCUT2D eigenvalue weighted by molar-refractivity contribution is 6.37. The summed E-state index contributed by atoms with van der Waals surface area (Å²) in [6.07, 6.45) is -0.754. The molecule has 0 unspecified atom stereocenters. The topological polar surface area (TPSA) is 93.8 Å². The zero-order valence-corrected chi connectivity index (χ0v) is 15.6. The quantitative estimate of drug-likeness (QED) is 0.806. The molecule has 1 atom stereocenters. The van der Waals surface area contributed by atoms with Crippen molar-refractivity contribution in [2.24, 2.45) is 10.9 Å². The summed E-state index contributed by atoms with van der Waals surface area (Å²) < 4.78 is 13.9. The lowest BCUT2D eigenvalue weighted by molar-refractivity contribution is -0.125. The molecule has 140 valence electrons. The molecule has 0 aliphatic carbocycles. The number of nitrogens with one attached hydrogen (secondary N) is 1. The highest BCUT2D eigenvalue weighted by Gasteiger charge is 2.30. The SMILES string of the molecule is Cc1c(F)cc(C(N)=O)cc1NC(=O)[C@H]1CC(c2ccc(Cl)cc2Cl)=NO1. The van der Waals surface area contributed by atoms with E-state index in [1.807, 2.05) is 0 Å². The molecule has 0 radical (unpaired) electrons. The van der Waals surface area contributed by atoms with Gasteiger partial charge in [0.1, 0.15) is 5.82 Å².